The van der Waals surface area contributed by atoms with Crippen LogP contribution in [-0.4, -0.2) is 13.2 Å². The number of benzene rings is 1. The zero-order valence-electron chi connectivity index (χ0n) is 11.6. The Morgan fingerprint density at radius 1 is 1.32 bits per heavy atom. The fraction of sp³-hybridized carbons (Fsp3) is 0.333. The molecule has 0 amide bonds. The molecule has 4 heteroatoms. The second-order valence-corrected chi connectivity index (χ2v) is 4.86. The number of anilines is 2. The average Bonchev–Trinajstić information content (AvgIpc) is 2.80. The van der Waals surface area contributed by atoms with Crippen molar-refractivity contribution in [3.05, 3.63) is 42.4 Å². The SMILES string of the molecule is CC(C)Oc1cc(N)cc(N(C)Cc2ccco2)c1. The summed E-state index contributed by atoms with van der Waals surface area (Å²) in [6, 6.07) is 9.59. The summed E-state index contributed by atoms with van der Waals surface area (Å²) >= 11 is 0. The Labute approximate surface area is 113 Å². The van der Waals surface area contributed by atoms with Crippen molar-refractivity contribution in [3.8, 4) is 5.75 Å². The smallest absolute Gasteiger partial charge is 0.123 e. The number of rotatable bonds is 5. The van der Waals surface area contributed by atoms with Gasteiger partial charge in [0.1, 0.15) is 11.5 Å². The molecule has 0 fully saturated rings. The molecule has 0 spiro atoms. The number of nitrogens with two attached hydrogens (primary N) is 1. The topological polar surface area (TPSA) is 51.6 Å². The highest BCUT2D eigenvalue weighted by molar-refractivity contribution is 5.60. The van der Waals surface area contributed by atoms with Crippen LogP contribution in [0.5, 0.6) is 5.75 Å². The minimum absolute atomic E-state index is 0.130. The lowest BCUT2D eigenvalue weighted by Crippen LogP contribution is -2.16. The van der Waals surface area contributed by atoms with E-state index in [9.17, 15) is 0 Å². The molecule has 2 aromatic rings. The quantitative estimate of drug-likeness (QED) is 0.838. The molecule has 0 atom stereocenters. The van der Waals surface area contributed by atoms with Gasteiger partial charge in [-0.15, -0.1) is 0 Å². The highest BCUT2D eigenvalue weighted by atomic mass is 16.5. The molecule has 0 bridgehead atoms. The van der Waals surface area contributed by atoms with E-state index in [1.807, 2.05) is 51.2 Å². The molecule has 0 aliphatic heterocycles. The highest BCUT2D eigenvalue weighted by Crippen LogP contribution is 2.26. The minimum Gasteiger partial charge on any atom is -0.491 e. The molecule has 2 N–H and O–H groups in total. The van der Waals surface area contributed by atoms with Crippen molar-refractivity contribution in [2.24, 2.45) is 0 Å². The van der Waals surface area contributed by atoms with Crippen LogP contribution in [0.1, 0.15) is 19.6 Å². The molecule has 1 aromatic carbocycles. The third kappa shape index (κ3) is 3.68. The van der Waals surface area contributed by atoms with Gasteiger partial charge in [-0.05, 0) is 32.0 Å². The van der Waals surface area contributed by atoms with Gasteiger partial charge in [-0.25, -0.2) is 0 Å². The lowest BCUT2D eigenvalue weighted by atomic mass is 10.2. The Morgan fingerprint density at radius 2 is 2.11 bits per heavy atom. The van der Waals surface area contributed by atoms with Crippen LogP contribution in [0, 0.1) is 0 Å². The summed E-state index contributed by atoms with van der Waals surface area (Å²) in [4.78, 5) is 2.07. The second kappa shape index (κ2) is 5.69. The first-order valence-corrected chi connectivity index (χ1v) is 6.35. The average molecular weight is 260 g/mol. The molecular weight excluding hydrogens is 240 g/mol. The van der Waals surface area contributed by atoms with Crippen LogP contribution in [-0.2, 0) is 6.54 Å². The van der Waals surface area contributed by atoms with Crippen molar-refractivity contribution in [1.82, 2.24) is 0 Å². The van der Waals surface area contributed by atoms with Crippen LogP contribution in [0.3, 0.4) is 0 Å². The first-order chi connectivity index (χ1) is 9.04. The molecule has 2 rings (SSSR count). The molecule has 1 heterocycles. The van der Waals surface area contributed by atoms with Gasteiger partial charge in [-0.3, -0.25) is 0 Å². The summed E-state index contributed by atoms with van der Waals surface area (Å²) in [6.07, 6.45) is 1.81. The molecule has 19 heavy (non-hydrogen) atoms. The van der Waals surface area contributed by atoms with Crippen molar-refractivity contribution >= 4 is 11.4 Å². The Balaban J connectivity index is 2.16. The van der Waals surface area contributed by atoms with E-state index in [2.05, 4.69) is 4.90 Å². The van der Waals surface area contributed by atoms with E-state index < -0.39 is 0 Å². The number of ether oxygens (including phenoxy) is 1. The number of nitrogen functional groups attached to an aromatic ring is 1. The lowest BCUT2D eigenvalue weighted by Gasteiger charge is -2.20. The fourth-order valence-corrected chi connectivity index (χ4v) is 1.89. The summed E-state index contributed by atoms with van der Waals surface area (Å²) in [5.74, 6) is 1.70. The summed E-state index contributed by atoms with van der Waals surface area (Å²) in [5.41, 5.74) is 7.62. The molecule has 0 aliphatic carbocycles. The van der Waals surface area contributed by atoms with E-state index in [1.165, 1.54) is 0 Å². The summed E-state index contributed by atoms with van der Waals surface area (Å²) in [7, 11) is 2.00. The maximum Gasteiger partial charge on any atom is 0.123 e. The van der Waals surface area contributed by atoms with Crippen LogP contribution >= 0.6 is 0 Å². The van der Waals surface area contributed by atoms with Gasteiger partial charge in [-0.2, -0.15) is 0 Å². The van der Waals surface area contributed by atoms with Crippen molar-refractivity contribution in [3.63, 3.8) is 0 Å². The third-order valence-electron chi connectivity index (χ3n) is 2.70. The number of furan rings is 1. The van der Waals surface area contributed by atoms with Crippen LogP contribution in [0.25, 0.3) is 0 Å². The molecule has 0 aliphatic rings. The maximum absolute atomic E-state index is 5.92. The second-order valence-electron chi connectivity index (χ2n) is 4.86. The maximum atomic E-state index is 5.92. The van der Waals surface area contributed by atoms with Gasteiger partial charge in [0.15, 0.2) is 0 Å². The van der Waals surface area contributed by atoms with Gasteiger partial charge in [0, 0.05) is 30.6 Å². The zero-order chi connectivity index (χ0) is 13.8. The van der Waals surface area contributed by atoms with Crippen molar-refractivity contribution < 1.29 is 9.15 Å². The zero-order valence-corrected chi connectivity index (χ0v) is 11.6. The fourth-order valence-electron chi connectivity index (χ4n) is 1.89. The predicted molar refractivity (Wildman–Crippen MR) is 77.4 cm³/mol. The third-order valence-corrected chi connectivity index (χ3v) is 2.70. The number of hydrogen-bond donors (Lipinski definition) is 1. The van der Waals surface area contributed by atoms with Gasteiger partial charge in [0.05, 0.1) is 18.9 Å². The molecule has 0 saturated carbocycles. The van der Waals surface area contributed by atoms with Gasteiger partial charge < -0.3 is 19.8 Å². The first kappa shape index (κ1) is 13.3. The standard InChI is InChI=1S/C15H20N2O2/c1-11(2)19-15-8-12(16)7-13(9-15)17(3)10-14-5-4-6-18-14/h4-9,11H,10,16H2,1-3H3. The Morgan fingerprint density at radius 3 is 2.74 bits per heavy atom. The monoisotopic (exact) mass is 260 g/mol. The largest absolute Gasteiger partial charge is 0.491 e. The number of nitrogens with zero attached hydrogens (tertiary/aromatic N) is 1. The minimum atomic E-state index is 0.130. The van der Waals surface area contributed by atoms with E-state index in [4.69, 9.17) is 14.9 Å². The van der Waals surface area contributed by atoms with Crippen molar-refractivity contribution in [2.75, 3.05) is 17.7 Å². The predicted octanol–water partition coefficient (Wildman–Crippen LogP) is 3.29. The van der Waals surface area contributed by atoms with E-state index in [1.54, 1.807) is 6.26 Å². The number of hydrogen-bond acceptors (Lipinski definition) is 4. The van der Waals surface area contributed by atoms with Crippen molar-refractivity contribution in [1.29, 1.82) is 0 Å². The van der Waals surface area contributed by atoms with Crippen LogP contribution in [0.4, 0.5) is 11.4 Å². The molecule has 0 saturated heterocycles. The van der Waals surface area contributed by atoms with Gasteiger partial charge in [0.25, 0.3) is 0 Å². The normalized spacial score (nSPS) is 10.7. The summed E-state index contributed by atoms with van der Waals surface area (Å²) in [5, 5.41) is 0. The van der Waals surface area contributed by atoms with Gasteiger partial charge >= 0.3 is 0 Å². The highest BCUT2D eigenvalue weighted by Gasteiger charge is 2.08. The molecule has 0 unspecified atom stereocenters. The van der Waals surface area contributed by atoms with Gasteiger partial charge in [0.2, 0.25) is 0 Å². The van der Waals surface area contributed by atoms with E-state index >= 15 is 0 Å². The van der Waals surface area contributed by atoms with Crippen molar-refractivity contribution in [2.45, 2.75) is 26.5 Å². The molecule has 0 radical (unpaired) electrons. The van der Waals surface area contributed by atoms with E-state index in [0.29, 0.717) is 12.2 Å². The molecular formula is C15H20N2O2. The van der Waals surface area contributed by atoms with E-state index in [-0.39, 0.29) is 6.10 Å². The Kier molecular flexibility index (Phi) is 4.00. The van der Waals surface area contributed by atoms with Crippen LogP contribution in [0.15, 0.2) is 41.0 Å². The van der Waals surface area contributed by atoms with Crippen LogP contribution < -0.4 is 15.4 Å². The first-order valence-electron chi connectivity index (χ1n) is 6.35. The Hall–Kier alpha value is -2.10. The molecule has 4 nitrogen and oxygen atoms in total. The van der Waals surface area contributed by atoms with Gasteiger partial charge in [-0.1, -0.05) is 0 Å². The molecule has 102 valence electrons. The summed E-state index contributed by atoms with van der Waals surface area (Å²) in [6.45, 7) is 4.68. The molecule has 1 aromatic heterocycles. The van der Waals surface area contributed by atoms with E-state index in [0.717, 1.165) is 17.2 Å². The van der Waals surface area contributed by atoms with Crippen LogP contribution in [0.2, 0.25) is 0 Å². The summed E-state index contributed by atoms with van der Waals surface area (Å²) < 4.78 is 11.0. The lowest BCUT2D eigenvalue weighted by molar-refractivity contribution is 0.242. The Bertz CT molecular complexity index is 521.